The smallest absolute Gasteiger partial charge is 0.227 e. The summed E-state index contributed by atoms with van der Waals surface area (Å²) >= 11 is 0. The second kappa shape index (κ2) is 8.04. The molecule has 1 fully saturated rings. The Morgan fingerprint density at radius 3 is 2.44 bits per heavy atom. The molecule has 0 spiro atoms. The molecular formula is C19H31N3O3. The zero-order valence-corrected chi connectivity index (χ0v) is 16.0. The monoisotopic (exact) mass is 349 g/mol. The van der Waals surface area contributed by atoms with Gasteiger partial charge in [0.25, 0.3) is 0 Å². The molecule has 2 heterocycles. The van der Waals surface area contributed by atoms with Gasteiger partial charge in [0.2, 0.25) is 11.8 Å². The Balaban J connectivity index is 1.83. The van der Waals surface area contributed by atoms with Crippen molar-refractivity contribution in [3.05, 3.63) is 24.2 Å². The maximum atomic E-state index is 12.5. The molecule has 2 rings (SSSR count). The van der Waals surface area contributed by atoms with E-state index in [1.807, 2.05) is 56.8 Å². The number of carbonyl (C=O) groups is 2. The molecule has 1 aromatic heterocycles. The molecule has 0 aromatic carbocycles. The summed E-state index contributed by atoms with van der Waals surface area (Å²) in [5.74, 6) is 1.05. The van der Waals surface area contributed by atoms with E-state index in [9.17, 15) is 9.59 Å². The topological polar surface area (TPSA) is 65.8 Å². The molecule has 6 heteroatoms. The Kier molecular flexibility index (Phi) is 6.27. The molecule has 25 heavy (non-hydrogen) atoms. The first-order valence-corrected chi connectivity index (χ1v) is 8.97. The molecule has 1 N–H and O–H groups in total. The highest BCUT2D eigenvalue weighted by molar-refractivity contribution is 5.82. The van der Waals surface area contributed by atoms with Gasteiger partial charge in [-0.25, -0.2) is 0 Å². The number of likely N-dealkylation sites (N-methyl/N-ethyl adjacent to an activating group) is 1. The third-order valence-electron chi connectivity index (χ3n) is 4.76. The van der Waals surface area contributed by atoms with E-state index in [-0.39, 0.29) is 29.2 Å². The van der Waals surface area contributed by atoms with E-state index in [4.69, 9.17) is 4.42 Å². The highest BCUT2D eigenvalue weighted by Gasteiger charge is 2.32. The van der Waals surface area contributed by atoms with E-state index in [0.29, 0.717) is 19.6 Å². The molecule has 1 aromatic rings. The van der Waals surface area contributed by atoms with Gasteiger partial charge in [0, 0.05) is 31.0 Å². The van der Waals surface area contributed by atoms with E-state index in [0.717, 1.165) is 18.6 Å². The summed E-state index contributed by atoms with van der Waals surface area (Å²) in [6.07, 6.45) is 3.09. The van der Waals surface area contributed by atoms with Crippen LogP contribution >= 0.6 is 0 Å². The molecule has 1 atom stereocenters. The quantitative estimate of drug-likeness (QED) is 0.886. The largest absolute Gasteiger partial charge is 0.468 e. The van der Waals surface area contributed by atoms with E-state index in [1.165, 1.54) is 0 Å². The number of furan rings is 1. The van der Waals surface area contributed by atoms with Gasteiger partial charge >= 0.3 is 0 Å². The number of piperidine rings is 1. The second-order valence-electron chi connectivity index (χ2n) is 8.06. The van der Waals surface area contributed by atoms with Crippen molar-refractivity contribution in [2.75, 3.05) is 33.7 Å². The molecule has 1 aliphatic heterocycles. The standard InChI is InChI=1S/C19H31N3O3/c1-19(2,3)18(24)22-10-8-14(9-11-22)17(23)20-13-15(21(4)5)16-7-6-12-25-16/h6-7,12,14-15H,8-11,13H2,1-5H3,(H,20,23)/t15-/m1/s1. The van der Waals surface area contributed by atoms with Crippen molar-refractivity contribution < 1.29 is 14.0 Å². The normalized spacial score (nSPS) is 17.6. The first-order valence-electron chi connectivity index (χ1n) is 8.97. The van der Waals surface area contributed by atoms with Crippen LogP contribution in [0.3, 0.4) is 0 Å². The first kappa shape index (κ1) is 19.5. The van der Waals surface area contributed by atoms with Crippen LogP contribution in [0.1, 0.15) is 45.4 Å². The van der Waals surface area contributed by atoms with Gasteiger partial charge in [-0.3, -0.25) is 14.5 Å². The van der Waals surface area contributed by atoms with Crippen LogP contribution in [-0.2, 0) is 9.59 Å². The van der Waals surface area contributed by atoms with Gasteiger partial charge < -0.3 is 14.6 Å². The fourth-order valence-corrected chi connectivity index (χ4v) is 3.18. The number of amides is 2. The van der Waals surface area contributed by atoms with Gasteiger partial charge in [-0.2, -0.15) is 0 Å². The summed E-state index contributed by atoms with van der Waals surface area (Å²) in [7, 11) is 3.94. The second-order valence-corrected chi connectivity index (χ2v) is 8.06. The summed E-state index contributed by atoms with van der Waals surface area (Å²) in [4.78, 5) is 28.7. The maximum Gasteiger partial charge on any atom is 0.227 e. The van der Waals surface area contributed by atoms with Gasteiger partial charge in [0.15, 0.2) is 0 Å². The lowest BCUT2D eigenvalue weighted by molar-refractivity contribution is -0.142. The molecule has 1 aliphatic rings. The molecule has 6 nitrogen and oxygen atoms in total. The fraction of sp³-hybridized carbons (Fsp3) is 0.684. The number of hydrogen-bond acceptors (Lipinski definition) is 4. The van der Waals surface area contributed by atoms with Gasteiger partial charge in [-0.1, -0.05) is 20.8 Å². The Bertz CT molecular complexity index is 567. The zero-order valence-electron chi connectivity index (χ0n) is 16.0. The lowest BCUT2D eigenvalue weighted by Crippen LogP contribution is -2.47. The molecule has 1 saturated heterocycles. The fourth-order valence-electron chi connectivity index (χ4n) is 3.18. The Hall–Kier alpha value is -1.82. The van der Waals surface area contributed by atoms with Gasteiger partial charge in [-0.05, 0) is 39.1 Å². The first-order chi connectivity index (χ1) is 11.7. The number of likely N-dealkylation sites (tertiary alicyclic amines) is 1. The third kappa shape index (κ3) is 5.08. The van der Waals surface area contributed by atoms with E-state index in [2.05, 4.69) is 5.32 Å². The molecule has 140 valence electrons. The predicted octanol–water partition coefficient (Wildman–Crippen LogP) is 2.28. The summed E-state index contributed by atoms with van der Waals surface area (Å²) in [5.41, 5.74) is -0.364. The van der Waals surface area contributed by atoms with Gasteiger partial charge in [-0.15, -0.1) is 0 Å². The van der Waals surface area contributed by atoms with Crippen molar-refractivity contribution >= 4 is 11.8 Å². The summed E-state index contributed by atoms with van der Waals surface area (Å²) in [6, 6.07) is 3.80. The van der Waals surface area contributed by atoms with Crippen LogP contribution in [0.5, 0.6) is 0 Å². The summed E-state index contributed by atoms with van der Waals surface area (Å²) in [5, 5.41) is 3.05. The minimum Gasteiger partial charge on any atom is -0.468 e. The van der Waals surface area contributed by atoms with Crippen LogP contribution in [0.15, 0.2) is 22.8 Å². The third-order valence-corrected chi connectivity index (χ3v) is 4.76. The number of rotatable bonds is 5. The Labute approximate surface area is 150 Å². The summed E-state index contributed by atoms with van der Waals surface area (Å²) in [6.45, 7) is 7.63. The minimum absolute atomic E-state index is 0.0153. The molecule has 0 radical (unpaired) electrons. The van der Waals surface area contributed by atoms with Crippen molar-refractivity contribution in [3.8, 4) is 0 Å². The predicted molar refractivity (Wildman–Crippen MR) is 96.9 cm³/mol. The van der Waals surface area contributed by atoms with Gasteiger partial charge in [0.05, 0.1) is 12.3 Å². The molecule has 2 amide bonds. The SMILES string of the molecule is CN(C)[C@H](CNC(=O)C1CCN(C(=O)C(C)(C)C)CC1)c1ccco1. The highest BCUT2D eigenvalue weighted by atomic mass is 16.3. The summed E-state index contributed by atoms with van der Waals surface area (Å²) < 4.78 is 5.47. The number of hydrogen-bond donors (Lipinski definition) is 1. The van der Waals surface area contributed by atoms with Crippen LogP contribution in [0.25, 0.3) is 0 Å². The van der Waals surface area contributed by atoms with Crippen molar-refractivity contribution in [2.24, 2.45) is 11.3 Å². The molecule has 0 aliphatic carbocycles. The zero-order chi connectivity index (χ0) is 18.6. The highest BCUT2D eigenvalue weighted by Crippen LogP contribution is 2.24. The van der Waals surface area contributed by atoms with E-state index >= 15 is 0 Å². The minimum atomic E-state index is -0.364. The Morgan fingerprint density at radius 1 is 1.32 bits per heavy atom. The molecule has 0 saturated carbocycles. The molecular weight excluding hydrogens is 318 g/mol. The van der Waals surface area contributed by atoms with E-state index < -0.39 is 0 Å². The lowest BCUT2D eigenvalue weighted by atomic mass is 9.90. The van der Waals surface area contributed by atoms with Crippen LogP contribution in [0.4, 0.5) is 0 Å². The average Bonchev–Trinajstić information content (AvgIpc) is 3.07. The van der Waals surface area contributed by atoms with Crippen LogP contribution in [-0.4, -0.2) is 55.3 Å². The molecule has 0 unspecified atom stereocenters. The average molecular weight is 349 g/mol. The molecule has 0 bridgehead atoms. The van der Waals surface area contributed by atoms with Crippen LogP contribution < -0.4 is 5.32 Å². The van der Waals surface area contributed by atoms with Crippen LogP contribution in [0.2, 0.25) is 0 Å². The lowest BCUT2D eigenvalue weighted by Gasteiger charge is -2.35. The van der Waals surface area contributed by atoms with Crippen molar-refractivity contribution in [2.45, 2.75) is 39.7 Å². The maximum absolute atomic E-state index is 12.5. The number of carbonyl (C=O) groups excluding carboxylic acids is 2. The van der Waals surface area contributed by atoms with Crippen LogP contribution in [0, 0.1) is 11.3 Å². The Morgan fingerprint density at radius 2 is 1.96 bits per heavy atom. The van der Waals surface area contributed by atoms with Gasteiger partial charge in [0.1, 0.15) is 5.76 Å². The van der Waals surface area contributed by atoms with Crippen molar-refractivity contribution in [1.82, 2.24) is 15.1 Å². The van der Waals surface area contributed by atoms with Crippen molar-refractivity contribution in [3.63, 3.8) is 0 Å². The number of nitrogens with one attached hydrogen (secondary N) is 1. The number of nitrogens with zero attached hydrogens (tertiary/aromatic N) is 2. The van der Waals surface area contributed by atoms with E-state index in [1.54, 1.807) is 6.26 Å². The van der Waals surface area contributed by atoms with Crippen molar-refractivity contribution in [1.29, 1.82) is 0 Å².